The molecule has 2 unspecified atom stereocenters. The molecule has 1 aliphatic heterocycles. The number of Topliss-reactive ketones (excluding diaryl/α,β-unsaturated/α-hetero) is 1. The Hall–Kier alpha value is -5.17. The summed E-state index contributed by atoms with van der Waals surface area (Å²) in [6.45, 7) is 13.9. The number of nitrogens with zero attached hydrogens (tertiary/aromatic N) is 1. The molecular formula is C43H53F2N3O8. The van der Waals surface area contributed by atoms with Gasteiger partial charge in [-0.2, -0.15) is 0 Å². The maximum absolute atomic E-state index is 13.7. The summed E-state index contributed by atoms with van der Waals surface area (Å²) < 4.78 is 44.2. The van der Waals surface area contributed by atoms with E-state index in [1.54, 1.807) is 49.9 Å². The highest BCUT2D eigenvalue weighted by atomic mass is 19.1. The van der Waals surface area contributed by atoms with Crippen molar-refractivity contribution in [3.8, 4) is 5.75 Å². The maximum atomic E-state index is 13.7. The maximum Gasteiger partial charge on any atom is 0.331 e. The minimum absolute atomic E-state index is 0.0167. The number of halogens is 2. The van der Waals surface area contributed by atoms with Crippen molar-refractivity contribution in [3.05, 3.63) is 95.6 Å². The van der Waals surface area contributed by atoms with Gasteiger partial charge in [0.2, 0.25) is 11.8 Å². The third-order valence-corrected chi connectivity index (χ3v) is 8.81. The second kappa shape index (κ2) is 18.6. The summed E-state index contributed by atoms with van der Waals surface area (Å²) in [6, 6.07) is 15.0. The summed E-state index contributed by atoms with van der Waals surface area (Å²) in [5.41, 5.74) is 0.196. The van der Waals surface area contributed by atoms with Crippen molar-refractivity contribution in [3.63, 3.8) is 0 Å². The zero-order valence-corrected chi connectivity index (χ0v) is 33.3. The van der Waals surface area contributed by atoms with Gasteiger partial charge in [-0.1, -0.05) is 26.0 Å². The van der Waals surface area contributed by atoms with Gasteiger partial charge in [-0.3, -0.25) is 19.2 Å². The lowest BCUT2D eigenvalue weighted by molar-refractivity contribution is -0.162. The standard InChI is InChI=1S/C43H53F2N3O8/c1-26(2)23-34(39(51)47-35(24-55-42(3,4)5)41(53)56-43(6,7)8)46-37(50)25-54-32-19-11-28(12-20-32)38-33(21-22-36(49)27-9-13-29(44)14-10-27)40(52)48(38)31-17-15-30(45)16-18-31/h9-20,26,33-35,38H,21-25H2,1-8H3,(H,46,50)(H,47,51)/t33?,34-,35+,38?/m1/s1. The van der Waals surface area contributed by atoms with Crippen LogP contribution in [0, 0.1) is 23.5 Å². The molecule has 56 heavy (non-hydrogen) atoms. The van der Waals surface area contributed by atoms with Crippen LogP contribution in [0.5, 0.6) is 5.75 Å². The van der Waals surface area contributed by atoms with Crippen molar-refractivity contribution in [2.24, 2.45) is 11.8 Å². The Morgan fingerprint density at radius 1 is 0.786 bits per heavy atom. The normalized spacial score (nSPS) is 16.8. The summed E-state index contributed by atoms with van der Waals surface area (Å²) in [5.74, 6) is -3.32. The van der Waals surface area contributed by atoms with E-state index >= 15 is 0 Å². The third-order valence-electron chi connectivity index (χ3n) is 8.81. The second-order valence-electron chi connectivity index (χ2n) is 16.3. The fourth-order valence-electron chi connectivity index (χ4n) is 6.16. The van der Waals surface area contributed by atoms with Crippen LogP contribution < -0.4 is 20.3 Å². The van der Waals surface area contributed by atoms with Crippen molar-refractivity contribution < 1.29 is 47.0 Å². The lowest BCUT2D eigenvalue weighted by Crippen LogP contribution is -2.55. The summed E-state index contributed by atoms with van der Waals surface area (Å²) in [4.78, 5) is 67.4. The highest BCUT2D eigenvalue weighted by molar-refractivity contribution is 6.04. The molecule has 1 fully saturated rings. The summed E-state index contributed by atoms with van der Waals surface area (Å²) in [6.07, 6.45) is 0.589. The molecule has 1 aliphatic rings. The molecule has 0 spiro atoms. The lowest BCUT2D eigenvalue weighted by Gasteiger charge is -2.47. The largest absolute Gasteiger partial charge is 0.484 e. The molecule has 302 valence electrons. The third kappa shape index (κ3) is 12.7. The van der Waals surface area contributed by atoms with E-state index in [9.17, 15) is 32.8 Å². The van der Waals surface area contributed by atoms with E-state index in [2.05, 4.69) is 10.6 Å². The van der Waals surface area contributed by atoms with E-state index in [-0.39, 0.29) is 43.5 Å². The Morgan fingerprint density at radius 2 is 1.38 bits per heavy atom. The Labute approximate surface area is 327 Å². The molecule has 2 N–H and O–H groups in total. The average Bonchev–Trinajstić information content (AvgIpc) is 3.11. The van der Waals surface area contributed by atoms with Crippen molar-refractivity contribution in [2.45, 2.75) is 104 Å². The first-order valence-corrected chi connectivity index (χ1v) is 18.8. The number of amides is 3. The number of hydrogen-bond donors (Lipinski definition) is 2. The number of carbonyl (C=O) groups is 5. The molecule has 3 amide bonds. The van der Waals surface area contributed by atoms with Gasteiger partial charge >= 0.3 is 5.97 Å². The Balaban J connectivity index is 1.42. The fraction of sp³-hybridized carbons (Fsp3) is 0.465. The number of nitrogens with one attached hydrogen (secondary N) is 2. The van der Waals surface area contributed by atoms with Gasteiger partial charge < -0.3 is 29.7 Å². The molecule has 0 bridgehead atoms. The molecule has 0 aliphatic carbocycles. The van der Waals surface area contributed by atoms with E-state index in [0.717, 1.165) is 5.56 Å². The molecule has 4 atom stereocenters. The van der Waals surface area contributed by atoms with Crippen LogP contribution in [-0.4, -0.2) is 66.0 Å². The molecule has 0 radical (unpaired) electrons. The van der Waals surface area contributed by atoms with E-state index in [4.69, 9.17) is 14.2 Å². The van der Waals surface area contributed by atoms with Gasteiger partial charge in [0.25, 0.3) is 5.91 Å². The molecule has 11 nitrogen and oxygen atoms in total. The van der Waals surface area contributed by atoms with Crippen LogP contribution >= 0.6 is 0 Å². The summed E-state index contributed by atoms with van der Waals surface area (Å²) in [5, 5.41) is 5.42. The van der Waals surface area contributed by atoms with Crippen LogP contribution in [-0.2, 0) is 28.7 Å². The second-order valence-corrected chi connectivity index (χ2v) is 16.3. The molecule has 13 heteroatoms. The zero-order chi connectivity index (χ0) is 41.4. The summed E-state index contributed by atoms with van der Waals surface area (Å²) in [7, 11) is 0. The lowest BCUT2D eigenvalue weighted by atomic mass is 9.78. The van der Waals surface area contributed by atoms with E-state index in [1.807, 2.05) is 34.6 Å². The monoisotopic (exact) mass is 777 g/mol. The smallest absolute Gasteiger partial charge is 0.331 e. The molecule has 0 aromatic heterocycles. The number of β-lactam (4-membered cyclic amide) rings is 1. The van der Waals surface area contributed by atoms with Crippen LogP contribution in [0.15, 0.2) is 72.8 Å². The first-order chi connectivity index (χ1) is 26.2. The van der Waals surface area contributed by atoms with Crippen molar-refractivity contribution in [1.29, 1.82) is 0 Å². The molecule has 3 aromatic carbocycles. The Bertz CT molecular complexity index is 1830. The van der Waals surface area contributed by atoms with Crippen LogP contribution in [0.2, 0.25) is 0 Å². The van der Waals surface area contributed by atoms with Gasteiger partial charge in [-0.25, -0.2) is 13.6 Å². The Kier molecular flexibility index (Phi) is 14.5. The number of esters is 1. The highest BCUT2D eigenvalue weighted by Crippen LogP contribution is 2.46. The highest BCUT2D eigenvalue weighted by Gasteiger charge is 2.48. The van der Waals surface area contributed by atoms with E-state index < -0.39 is 71.3 Å². The molecular weight excluding hydrogens is 724 g/mol. The van der Waals surface area contributed by atoms with Crippen molar-refractivity contribution in [2.75, 3.05) is 18.1 Å². The number of anilines is 1. The van der Waals surface area contributed by atoms with Gasteiger partial charge in [0.1, 0.15) is 29.0 Å². The minimum Gasteiger partial charge on any atom is -0.484 e. The Morgan fingerprint density at radius 3 is 1.93 bits per heavy atom. The van der Waals surface area contributed by atoms with Crippen LogP contribution in [0.4, 0.5) is 14.5 Å². The van der Waals surface area contributed by atoms with Crippen LogP contribution in [0.1, 0.15) is 96.6 Å². The van der Waals surface area contributed by atoms with Gasteiger partial charge in [-0.15, -0.1) is 0 Å². The topological polar surface area (TPSA) is 140 Å². The van der Waals surface area contributed by atoms with E-state index in [0.29, 0.717) is 17.0 Å². The number of ketones is 1. The molecule has 1 saturated heterocycles. The number of carbonyl (C=O) groups excluding carboxylic acids is 5. The van der Waals surface area contributed by atoms with Gasteiger partial charge in [0.15, 0.2) is 18.4 Å². The van der Waals surface area contributed by atoms with Crippen LogP contribution in [0.3, 0.4) is 0 Å². The van der Waals surface area contributed by atoms with Gasteiger partial charge in [0.05, 0.1) is 24.2 Å². The number of benzene rings is 3. The molecule has 1 heterocycles. The number of hydrogen-bond acceptors (Lipinski definition) is 8. The summed E-state index contributed by atoms with van der Waals surface area (Å²) >= 11 is 0. The number of ether oxygens (including phenoxy) is 3. The molecule has 4 rings (SSSR count). The number of rotatable bonds is 17. The quantitative estimate of drug-likeness (QED) is 0.0859. The first-order valence-electron chi connectivity index (χ1n) is 18.8. The van der Waals surface area contributed by atoms with E-state index in [1.165, 1.54) is 48.5 Å². The predicted molar refractivity (Wildman–Crippen MR) is 207 cm³/mol. The van der Waals surface area contributed by atoms with Gasteiger partial charge in [0, 0.05) is 17.7 Å². The minimum atomic E-state index is -1.11. The molecule has 3 aromatic rings. The zero-order valence-electron chi connectivity index (χ0n) is 33.3. The first kappa shape index (κ1) is 43.6. The molecule has 0 saturated carbocycles. The SMILES string of the molecule is CC(C)C[C@@H](NC(=O)COc1ccc(C2C(CCC(=O)c3ccc(F)cc3)C(=O)N2c2ccc(F)cc2)cc1)C(=O)N[C@@H](COC(C)(C)C)C(=O)OC(C)(C)C. The van der Waals surface area contributed by atoms with Gasteiger partial charge in [-0.05, 0) is 127 Å². The van der Waals surface area contributed by atoms with Crippen molar-refractivity contribution in [1.82, 2.24) is 10.6 Å². The fourth-order valence-corrected chi connectivity index (χ4v) is 6.16. The van der Waals surface area contributed by atoms with Crippen LogP contribution in [0.25, 0.3) is 0 Å². The average molecular weight is 778 g/mol. The predicted octanol–water partition coefficient (Wildman–Crippen LogP) is 6.88. The van der Waals surface area contributed by atoms with Crippen molar-refractivity contribution >= 4 is 35.2 Å².